The second-order valence-corrected chi connectivity index (χ2v) is 3.02. The van der Waals surface area contributed by atoms with Gasteiger partial charge in [0.25, 0.3) is 0 Å². The number of halogens is 1. The Balaban J connectivity index is 2.16. The third kappa shape index (κ3) is 2.18. The fourth-order valence-corrected chi connectivity index (χ4v) is 0.712. The highest BCUT2D eigenvalue weighted by Crippen LogP contribution is 2.30. The average molecular weight is 163 g/mol. The van der Waals surface area contributed by atoms with Crippen LogP contribution in [0.4, 0.5) is 0 Å². The predicted octanol–water partition coefficient (Wildman–Crippen LogP) is 1.91. The number of ether oxygens (including phenoxy) is 1. The van der Waals surface area contributed by atoms with Crippen LogP contribution < -0.4 is 0 Å². The van der Waals surface area contributed by atoms with Crippen molar-refractivity contribution in [3.05, 3.63) is 0 Å². The van der Waals surface area contributed by atoms with Gasteiger partial charge in [-0.15, -0.1) is 0 Å². The van der Waals surface area contributed by atoms with Gasteiger partial charge in [-0.2, -0.15) is 0 Å². The summed E-state index contributed by atoms with van der Waals surface area (Å²) < 4.78 is 4.85. The smallest absolute Gasteiger partial charge is 0.310 e. The topological polar surface area (TPSA) is 26.3 Å². The minimum absolute atomic E-state index is 0.123. The Morgan fingerprint density at radius 1 is 1.80 bits per heavy atom. The molecule has 2 nitrogen and oxygen atoms in total. The molecular formula is C7H11ClO2. The van der Waals surface area contributed by atoms with E-state index in [1.165, 1.54) is 0 Å². The van der Waals surface area contributed by atoms with Crippen molar-refractivity contribution in [3.63, 3.8) is 0 Å². The van der Waals surface area contributed by atoms with Crippen molar-refractivity contribution >= 4 is 17.6 Å². The van der Waals surface area contributed by atoms with Gasteiger partial charge in [-0.05, 0) is 19.3 Å². The third-order valence-corrected chi connectivity index (χ3v) is 1.87. The zero-order chi connectivity index (χ0) is 7.56. The monoisotopic (exact) mass is 162 g/mol. The summed E-state index contributed by atoms with van der Waals surface area (Å²) in [5.41, 5.74) is -0.423. The first-order chi connectivity index (χ1) is 4.74. The zero-order valence-corrected chi connectivity index (χ0v) is 6.73. The fourth-order valence-electron chi connectivity index (χ4n) is 0.625. The highest BCUT2D eigenvalue weighted by molar-refractivity contribution is 6.20. The maximum atomic E-state index is 10.9. The number of rotatable bonds is 3. The number of carbonyl (C=O) groups excluding carboxylic acids is 1. The Kier molecular flexibility index (Phi) is 2.55. The molecular weight excluding hydrogens is 152 g/mol. The van der Waals surface area contributed by atoms with Crippen LogP contribution >= 0.6 is 11.6 Å². The average Bonchev–Trinajstić information content (AvgIpc) is 2.68. The molecule has 3 heteroatoms. The quantitative estimate of drug-likeness (QED) is 0.468. The van der Waals surface area contributed by atoms with Crippen molar-refractivity contribution in [2.75, 3.05) is 0 Å². The molecule has 1 fully saturated rings. The minimum atomic E-state index is -0.423. The molecule has 1 aliphatic rings. The second-order valence-electron chi connectivity index (χ2n) is 2.53. The van der Waals surface area contributed by atoms with Crippen LogP contribution in [0.15, 0.2) is 0 Å². The summed E-state index contributed by atoms with van der Waals surface area (Å²) in [4.78, 5) is 10.9. The van der Waals surface area contributed by atoms with E-state index in [0.29, 0.717) is 6.42 Å². The Hall–Kier alpha value is -0.240. The Morgan fingerprint density at radius 3 is 2.80 bits per heavy atom. The lowest BCUT2D eigenvalue weighted by molar-refractivity contribution is -0.147. The molecule has 0 aromatic rings. The van der Waals surface area contributed by atoms with Crippen LogP contribution in [0.3, 0.4) is 0 Å². The van der Waals surface area contributed by atoms with Crippen molar-refractivity contribution < 1.29 is 9.53 Å². The lowest BCUT2D eigenvalue weighted by Crippen LogP contribution is -2.12. The third-order valence-electron chi connectivity index (χ3n) is 1.48. The molecule has 0 saturated heterocycles. The molecule has 0 unspecified atom stereocenters. The van der Waals surface area contributed by atoms with Gasteiger partial charge in [0.05, 0.1) is 5.92 Å². The summed E-state index contributed by atoms with van der Waals surface area (Å²) in [6.45, 7) is 1.89. The van der Waals surface area contributed by atoms with Crippen molar-refractivity contribution in [2.45, 2.75) is 31.7 Å². The Labute approximate surface area is 65.5 Å². The molecule has 10 heavy (non-hydrogen) atoms. The Morgan fingerprint density at radius 2 is 2.40 bits per heavy atom. The summed E-state index contributed by atoms with van der Waals surface area (Å²) in [5.74, 6) is 0.0367. The first kappa shape index (κ1) is 7.86. The van der Waals surface area contributed by atoms with Crippen LogP contribution in [0.1, 0.15) is 26.2 Å². The largest absolute Gasteiger partial charge is 0.446 e. The summed E-state index contributed by atoms with van der Waals surface area (Å²) in [5, 5.41) is 0. The van der Waals surface area contributed by atoms with E-state index in [1.54, 1.807) is 0 Å². The SMILES string of the molecule is CC[C@H](Cl)OC(=O)C1CC1. The number of hydrogen-bond donors (Lipinski definition) is 0. The van der Waals surface area contributed by atoms with Crippen molar-refractivity contribution in [3.8, 4) is 0 Å². The van der Waals surface area contributed by atoms with Gasteiger partial charge in [-0.3, -0.25) is 4.79 Å². The molecule has 0 amide bonds. The number of hydrogen-bond acceptors (Lipinski definition) is 2. The van der Waals surface area contributed by atoms with Crippen molar-refractivity contribution in [2.24, 2.45) is 5.92 Å². The Bertz CT molecular complexity index is 132. The van der Waals surface area contributed by atoms with Gasteiger partial charge in [0.15, 0.2) is 5.56 Å². The lowest BCUT2D eigenvalue weighted by atomic mass is 10.4. The molecule has 58 valence electrons. The molecule has 0 aliphatic heterocycles. The lowest BCUT2D eigenvalue weighted by Gasteiger charge is -2.06. The molecule has 1 aliphatic carbocycles. The van der Waals surface area contributed by atoms with E-state index in [2.05, 4.69) is 0 Å². The van der Waals surface area contributed by atoms with Gasteiger partial charge in [-0.1, -0.05) is 18.5 Å². The number of carbonyl (C=O) groups is 1. The molecule has 0 N–H and O–H groups in total. The van der Waals surface area contributed by atoms with E-state index in [1.807, 2.05) is 6.92 Å². The molecule has 1 rings (SSSR count). The summed E-state index contributed by atoms with van der Waals surface area (Å²) >= 11 is 5.59. The predicted molar refractivity (Wildman–Crippen MR) is 38.7 cm³/mol. The van der Waals surface area contributed by atoms with Gasteiger partial charge >= 0.3 is 5.97 Å². The minimum Gasteiger partial charge on any atom is -0.446 e. The molecule has 0 aromatic carbocycles. The normalized spacial score (nSPS) is 20.2. The molecule has 1 saturated carbocycles. The van der Waals surface area contributed by atoms with E-state index in [0.717, 1.165) is 12.8 Å². The molecule has 0 heterocycles. The van der Waals surface area contributed by atoms with Gasteiger partial charge in [-0.25, -0.2) is 0 Å². The molecule has 0 spiro atoms. The zero-order valence-electron chi connectivity index (χ0n) is 5.97. The van der Waals surface area contributed by atoms with E-state index >= 15 is 0 Å². The standard InChI is InChI=1S/C7H11ClO2/c1-2-6(8)10-7(9)5-3-4-5/h5-6H,2-4H2,1H3/t6-/m1/s1. The fraction of sp³-hybridized carbons (Fsp3) is 0.857. The van der Waals surface area contributed by atoms with E-state index in [9.17, 15) is 4.79 Å². The highest BCUT2D eigenvalue weighted by atomic mass is 35.5. The summed E-state index contributed by atoms with van der Waals surface area (Å²) in [7, 11) is 0. The van der Waals surface area contributed by atoms with Crippen molar-refractivity contribution in [1.82, 2.24) is 0 Å². The van der Waals surface area contributed by atoms with Crippen LogP contribution in [0, 0.1) is 5.92 Å². The number of esters is 1. The second kappa shape index (κ2) is 3.24. The van der Waals surface area contributed by atoms with Crippen LogP contribution in [0.5, 0.6) is 0 Å². The molecule has 0 aromatic heterocycles. The maximum absolute atomic E-state index is 10.9. The van der Waals surface area contributed by atoms with Crippen LogP contribution in [0.2, 0.25) is 0 Å². The molecule has 0 bridgehead atoms. The van der Waals surface area contributed by atoms with Gasteiger partial charge in [0, 0.05) is 0 Å². The first-order valence-corrected chi connectivity index (χ1v) is 4.02. The maximum Gasteiger partial charge on any atom is 0.310 e. The first-order valence-electron chi connectivity index (χ1n) is 3.58. The van der Waals surface area contributed by atoms with Crippen LogP contribution in [-0.2, 0) is 9.53 Å². The van der Waals surface area contributed by atoms with E-state index < -0.39 is 5.56 Å². The summed E-state index contributed by atoms with van der Waals surface area (Å²) in [6, 6.07) is 0. The van der Waals surface area contributed by atoms with E-state index in [4.69, 9.17) is 16.3 Å². The summed E-state index contributed by atoms with van der Waals surface area (Å²) in [6.07, 6.45) is 2.64. The van der Waals surface area contributed by atoms with Gasteiger partial charge in [0.2, 0.25) is 0 Å². The van der Waals surface area contributed by atoms with Gasteiger partial charge < -0.3 is 4.74 Å². The molecule has 0 radical (unpaired) electrons. The highest BCUT2D eigenvalue weighted by Gasteiger charge is 2.32. The van der Waals surface area contributed by atoms with Gasteiger partial charge in [0.1, 0.15) is 0 Å². The van der Waals surface area contributed by atoms with Crippen LogP contribution in [0.25, 0.3) is 0 Å². The van der Waals surface area contributed by atoms with Crippen molar-refractivity contribution in [1.29, 1.82) is 0 Å². The van der Waals surface area contributed by atoms with E-state index in [-0.39, 0.29) is 11.9 Å². The number of alkyl halides is 1. The molecule has 1 atom stereocenters. The van der Waals surface area contributed by atoms with Crippen LogP contribution in [-0.4, -0.2) is 11.5 Å².